The van der Waals surface area contributed by atoms with Gasteiger partial charge in [-0.1, -0.05) is 31.2 Å². The molecule has 122 valence electrons. The lowest BCUT2D eigenvalue weighted by Gasteiger charge is -2.12. The van der Waals surface area contributed by atoms with Gasteiger partial charge in [-0.25, -0.2) is 4.98 Å². The fourth-order valence-corrected chi connectivity index (χ4v) is 3.72. The average Bonchev–Trinajstić information content (AvgIpc) is 3.04. The van der Waals surface area contributed by atoms with Crippen molar-refractivity contribution in [1.29, 1.82) is 0 Å². The molecule has 0 bridgehead atoms. The lowest BCUT2D eigenvalue weighted by atomic mass is 10.0. The Kier molecular flexibility index (Phi) is 2.95. The largest absolute Gasteiger partial charge is 0.385 e. The van der Waals surface area contributed by atoms with E-state index >= 15 is 0 Å². The lowest BCUT2D eigenvalue weighted by molar-refractivity contribution is 0.981. The van der Waals surface area contributed by atoms with E-state index in [4.69, 9.17) is 4.98 Å². The molecule has 0 aliphatic heterocycles. The van der Waals surface area contributed by atoms with E-state index in [1.165, 1.54) is 0 Å². The summed E-state index contributed by atoms with van der Waals surface area (Å²) in [6, 6.07) is 17.9. The topological polar surface area (TPSA) is 46.4 Å². The second-order valence-electron chi connectivity index (χ2n) is 6.38. The average molecular weight is 327 g/mol. The zero-order chi connectivity index (χ0) is 17.0. The Balaban J connectivity index is 2.02. The van der Waals surface area contributed by atoms with Gasteiger partial charge in [0.15, 0.2) is 0 Å². The fraction of sp³-hybridized carbons (Fsp3) is 0.143. The Hall–Kier alpha value is -3.14. The maximum absolute atomic E-state index is 13.2. The summed E-state index contributed by atoms with van der Waals surface area (Å²) in [6.07, 6.45) is 1.05. The van der Waals surface area contributed by atoms with Gasteiger partial charge in [0.05, 0.1) is 11.0 Å². The Morgan fingerprint density at radius 2 is 1.80 bits per heavy atom. The van der Waals surface area contributed by atoms with Crippen LogP contribution in [0.3, 0.4) is 0 Å². The van der Waals surface area contributed by atoms with Crippen molar-refractivity contribution in [3.8, 4) is 0 Å². The molecule has 0 aliphatic carbocycles. The number of fused-ring (bicyclic) bond motifs is 4. The molecule has 2 aromatic heterocycles. The number of rotatable bonds is 3. The minimum atomic E-state index is -0.00515. The van der Waals surface area contributed by atoms with Crippen LogP contribution in [-0.4, -0.2) is 15.9 Å². The standard InChI is InChI=1S/C21H17N3O/c1-2-12-22-16-11-10-14-19-13(16)6-5-7-15(19)21(25)24-18-9-4-3-8-17(18)23-20(14)24/h3-11,22H,2,12H2,1H3. The predicted molar refractivity (Wildman–Crippen MR) is 104 cm³/mol. The second-order valence-corrected chi connectivity index (χ2v) is 6.38. The summed E-state index contributed by atoms with van der Waals surface area (Å²) in [6.45, 7) is 3.05. The van der Waals surface area contributed by atoms with Crippen molar-refractivity contribution < 1.29 is 0 Å². The number of para-hydroxylation sites is 2. The molecule has 2 heterocycles. The highest BCUT2D eigenvalue weighted by Gasteiger charge is 2.16. The molecular formula is C21H17N3O. The molecule has 0 saturated carbocycles. The number of hydrogen-bond donors (Lipinski definition) is 1. The fourth-order valence-electron chi connectivity index (χ4n) is 3.72. The maximum atomic E-state index is 13.2. The zero-order valence-corrected chi connectivity index (χ0v) is 13.9. The molecule has 5 aromatic rings. The highest BCUT2D eigenvalue weighted by Crippen LogP contribution is 2.33. The first-order valence-corrected chi connectivity index (χ1v) is 8.61. The van der Waals surface area contributed by atoms with Crippen LogP contribution < -0.4 is 10.9 Å². The van der Waals surface area contributed by atoms with Gasteiger partial charge in [-0.2, -0.15) is 0 Å². The highest BCUT2D eigenvalue weighted by molar-refractivity contribution is 6.18. The first-order chi connectivity index (χ1) is 12.3. The predicted octanol–water partition coefficient (Wildman–Crippen LogP) is 4.41. The summed E-state index contributed by atoms with van der Waals surface area (Å²) in [5, 5.41) is 7.30. The number of aromatic nitrogens is 2. The molecule has 3 aromatic carbocycles. The second kappa shape index (κ2) is 5.18. The van der Waals surface area contributed by atoms with Crippen molar-refractivity contribution in [3.63, 3.8) is 0 Å². The maximum Gasteiger partial charge on any atom is 0.264 e. The summed E-state index contributed by atoms with van der Waals surface area (Å²) in [5.41, 5.74) is 3.50. The molecule has 0 radical (unpaired) electrons. The van der Waals surface area contributed by atoms with Gasteiger partial charge in [-0.15, -0.1) is 0 Å². The molecule has 1 N–H and O–H groups in total. The van der Waals surface area contributed by atoms with Gasteiger partial charge in [0.25, 0.3) is 5.56 Å². The third kappa shape index (κ3) is 1.88. The highest BCUT2D eigenvalue weighted by atomic mass is 16.1. The minimum Gasteiger partial charge on any atom is -0.385 e. The monoisotopic (exact) mass is 327 g/mol. The number of benzene rings is 3. The van der Waals surface area contributed by atoms with Crippen LogP contribution in [0.5, 0.6) is 0 Å². The number of nitrogens with zero attached hydrogens (tertiary/aromatic N) is 2. The van der Waals surface area contributed by atoms with Crippen LogP contribution in [0, 0.1) is 0 Å². The van der Waals surface area contributed by atoms with Crippen LogP contribution in [0.4, 0.5) is 5.69 Å². The van der Waals surface area contributed by atoms with Gasteiger partial charge in [-0.3, -0.25) is 9.20 Å². The van der Waals surface area contributed by atoms with Gasteiger partial charge >= 0.3 is 0 Å². The van der Waals surface area contributed by atoms with Crippen molar-refractivity contribution in [3.05, 3.63) is 65.0 Å². The SMILES string of the molecule is CCCNc1ccc2c3c1cccc3c(=O)n1c3ccccc3nc21. The normalized spacial score (nSPS) is 11.9. The van der Waals surface area contributed by atoms with Gasteiger partial charge in [0.1, 0.15) is 5.65 Å². The van der Waals surface area contributed by atoms with Crippen LogP contribution in [0.1, 0.15) is 13.3 Å². The van der Waals surface area contributed by atoms with Crippen LogP contribution in [-0.2, 0) is 0 Å². The summed E-state index contributed by atoms with van der Waals surface area (Å²) < 4.78 is 1.74. The molecule has 0 saturated heterocycles. The number of anilines is 1. The van der Waals surface area contributed by atoms with E-state index in [0.717, 1.165) is 56.9 Å². The van der Waals surface area contributed by atoms with E-state index in [2.05, 4.69) is 30.4 Å². The smallest absolute Gasteiger partial charge is 0.264 e. The molecule has 0 unspecified atom stereocenters. The molecule has 5 rings (SSSR count). The number of pyridine rings is 1. The Morgan fingerprint density at radius 3 is 2.68 bits per heavy atom. The van der Waals surface area contributed by atoms with Crippen molar-refractivity contribution >= 4 is 43.9 Å². The molecule has 0 spiro atoms. The van der Waals surface area contributed by atoms with Gasteiger partial charge in [0, 0.05) is 33.8 Å². The quantitative estimate of drug-likeness (QED) is 0.534. The first-order valence-electron chi connectivity index (χ1n) is 8.61. The van der Waals surface area contributed by atoms with Gasteiger partial charge in [-0.05, 0) is 36.8 Å². The van der Waals surface area contributed by atoms with Crippen molar-refractivity contribution in [2.75, 3.05) is 11.9 Å². The first kappa shape index (κ1) is 14.2. The van der Waals surface area contributed by atoms with Crippen LogP contribution in [0.25, 0.3) is 38.2 Å². The summed E-state index contributed by atoms with van der Waals surface area (Å²) >= 11 is 0. The van der Waals surface area contributed by atoms with E-state index in [1.54, 1.807) is 4.40 Å². The third-order valence-corrected chi connectivity index (χ3v) is 4.84. The molecule has 0 amide bonds. The zero-order valence-electron chi connectivity index (χ0n) is 13.9. The Morgan fingerprint density at radius 1 is 0.960 bits per heavy atom. The van der Waals surface area contributed by atoms with E-state index in [-0.39, 0.29) is 5.56 Å². The summed E-state index contributed by atoms with van der Waals surface area (Å²) in [4.78, 5) is 17.9. The third-order valence-electron chi connectivity index (χ3n) is 4.84. The minimum absolute atomic E-state index is 0.00515. The van der Waals surface area contributed by atoms with Gasteiger partial charge < -0.3 is 5.32 Å². The van der Waals surface area contributed by atoms with Crippen molar-refractivity contribution in [2.24, 2.45) is 0 Å². The molecule has 4 nitrogen and oxygen atoms in total. The van der Waals surface area contributed by atoms with Crippen LogP contribution in [0.2, 0.25) is 0 Å². The molecule has 0 atom stereocenters. The van der Waals surface area contributed by atoms with E-state index in [0.29, 0.717) is 0 Å². The molecule has 0 fully saturated rings. The molecular weight excluding hydrogens is 310 g/mol. The van der Waals surface area contributed by atoms with Crippen LogP contribution >= 0.6 is 0 Å². The van der Waals surface area contributed by atoms with Crippen molar-refractivity contribution in [2.45, 2.75) is 13.3 Å². The number of hydrogen-bond acceptors (Lipinski definition) is 3. The molecule has 0 aliphatic rings. The van der Waals surface area contributed by atoms with Crippen molar-refractivity contribution in [1.82, 2.24) is 9.38 Å². The Labute approximate surface area is 144 Å². The van der Waals surface area contributed by atoms with Crippen LogP contribution in [0.15, 0.2) is 59.4 Å². The molecule has 4 heteroatoms. The number of nitrogens with one attached hydrogen (secondary N) is 1. The van der Waals surface area contributed by atoms with E-state index in [1.807, 2.05) is 36.4 Å². The molecule has 25 heavy (non-hydrogen) atoms. The summed E-state index contributed by atoms with van der Waals surface area (Å²) in [5.74, 6) is 0. The summed E-state index contributed by atoms with van der Waals surface area (Å²) in [7, 11) is 0. The van der Waals surface area contributed by atoms with Gasteiger partial charge in [0.2, 0.25) is 0 Å². The Bertz CT molecular complexity index is 1300. The van der Waals surface area contributed by atoms with E-state index < -0.39 is 0 Å². The lowest BCUT2D eigenvalue weighted by Crippen LogP contribution is -2.13. The van der Waals surface area contributed by atoms with E-state index in [9.17, 15) is 4.79 Å². The number of imidazole rings is 1.